The minimum absolute atomic E-state index is 0.150. The van der Waals surface area contributed by atoms with E-state index < -0.39 is 0 Å². The number of quaternary nitrogens is 1. The molecule has 1 aliphatic rings. The van der Waals surface area contributed by atoms with Gasteiger partial charge in [0.15, 0.2) is 0 Å². The number of nitrogens with two attached hydrogens (primary N) is 1. The number of nitrogens with one attached hydrogen (secondary N) is 1. The average molecular weight is 423 g/mol. The van der Waals surface area contributed by atoms with Crippen LogP contribution in [-0.2, 0) is 6.54 Å². The van der Waals surface area contributed by atoms with E-state index in [1.165, 1.54) is 4.90 Å². The molecule has 3 aromatic rings. The quantitative estimate of drug-likeness (QED) is 0.396. The number of aromatic nitrogens is 2. The molecule has 0 bridgehead atoms. The SMILES string of the molecule is CC[NH+](CC)CC[n+]1cnc2c(c1N)[C@@H](c1ccc(OC)cc1)c1ccc(O)cc1O2. The topological polar surface area (TPSA) is 85.9 Å². The van der Waals surface area contributed by atoms with Gasteiger partial charge in [-0.05, 0) is 37.6 Å². The summed E-state index contributed by atoms with van der Waals surface area (Å²) in [4.78, 5) is 6.10. The molecule has 0 saturated heterocycles. The Morgan fingerprint density at radius 2 is 1.90 bits per heavy atom. The minimum Gasteiger partial charge on any atom is -0.508 e. The maximum absolute atomic E-state index is 9.98. The number of phenolic OH excluding ortho intramolecular Hbond substituents is 1. The molecular formula is C24H30N4O3+2. The largest absolute Gasteiger partial charge is 0.508 e. The van der Waals surface area contributed by atoms with E-state index in [-0.39, 0.29) is 11.7 Å². The summed E-state index contributed by atoms with van der Waals surface area (Å²) < 4.78 is 13.4. The van der Waals surface area contributed by atoms with Crippen LogP contribution in [0, 0.1) is 0 Å². The third-order valence-corrected chi connectivity index (χ3v) is 6.09. The fraction of sp³-hybridized carbons (Fsp3) is 0.333. The molecule has 0 amide bonds. The van der Waals surface area contributed by atoms with Gasteiger partial charge in [-0.1, -0.05) is 23.2 Å². The number of hydrogen-bond acceptors (Lipinski definition) is 5. The highest BCUT2D eigenvalue weighted by Gasteiger charge is 2.36. The van der Waals surface area contributed by atoms with Crippen LogP contribution in [0.15, 0.2) is 48.8 Å². The lowest BCUT2D eigenvalue weighted by atomic mass is 9.83. The van der Waals surface area contributed by atoms with E-state index in [1.807, 2.05) is 34.9 Å². The first kappa shape index (κ1) is 20.9. The van der Waals surface area contributed by atoms with Crippen molar-refractivity contribution in [1.29, 1.82) is 0 Å². The number of nitrogens with zero attached hydrogens (tertiary/aromatic N) is 2. The van der Waals surface area contributed by atoms with Crippen LogP contribution in [0.3, 0.4) is 0 Å². The highest BCUT2D eigenvalue weighted by molar-refractivity contribution is 5.62. The molecule has 1 atom stereocenters. The fourth-order valence-corrected chi connectivity index (χ4v) is 4.18. The van der Waals surface area contributed by atoms with E-state index in [1.54, 1.807) is 25.6 Å². The van der Waals surface area contributed by atoms with Crippen molar-refractivity contribution in [2.45, 2.75) is 26.3 Å². The highest BCUT2D eigenvalue weighted by atomic mass is 16.5. The first-order valence-corrected chi connectivity index (χ1v) is 10.7. The van der Waals surface area contributed by atoms with Gasteiger partial charge in [-0.3, -0.25) is 0 Å². The van der Waals surface area contributed by atoms with Gasteiger partial charge < -0.3 is 25.2 Å². The van der Waals surface area contributed by atoms with Crippen LogP contribution in [0.5, 0.6) is 23.1 Å². The summed E-state index contributed by atoms with van der Waals surface area (Å²) in [5.74, 6) is 2.49. The van der Waals surface area contributed by atoms with Gasteiger partial charge in [0, 0.05) is 11.6 Å². The first-order valence-electron chi connectivity index (χ1n) is 10.7. The molecule has 4 rings (SSSR count). The smallest absolute Gasteiger partial charge is 0.306 e. The standard InChI is InChI=1S/C24H28N4O3/c1-4-27(5-2)12-13-28-15-26-24-22(23(28)25)21(16-6-9-18(30-3)10-7-16)19-11-8-17(29)14-20(19)31-24/h6-11,14-15,21,25,29H,4-5,12-13H2,1-3H3/p+2/t21-/m0/s1. The number of aromatic hydroxyl groups is 1. The number of likely N-dealkylation sites (N-methyl/N-ethyl adjacent to an activating group) is 1. The molecule has 0 aliphatic carbocycles. The molecule has 0 fully saturated rings. The summed E-state index contributed by atoms with van der Waals surface area (Å²) in [7, 11) is 1.65. The molecule has 4 N–H and O–H groups in total. The second-order valence-electron chi connectivity index (χ2n) is 7.78. The Hall–Kier alpha value is -3.32. The van der Waals surface area contributed by atoms with Gasteiger partial charge in [0.1, 0.15) is 35.9 Å². The van der Waals surface area contributed by atoms with Gasteiger partial charge in [0.05, 0.1) is 26.1 Å². The van der Waals surface area contributed by atoms with E-state index in [0.717, 1.165) is 48.6 Å². The first-order chi connectivity index (χ1) is 15.0. The van der Waals surface area contributed by atoms with E-state index in [4.69, 9.17) is 15.2 Å². The van der Waals surface area contributed by atoms with Crippen LogP contribution in [0.4, 0.5) is 5.82 Å². The number of nitrogen functional groups attached to an aromatic ring is 1. The Morgan fingerprint density at radius 3 is 2.58 bits per heavy atom. The average Bonchev–Trinajstić information content (AvgIpc) is 2.79. The van der Waals surface area contributed by atoms with E-state index in [2.05, 4.69) is 18.8 Å². The number of hydrogen-bond donors (Lipinski definition) is 3. The number of ether oxygens (including phenoxy) is 2. The van der Waals surface area contributed by atoms with Crippen LogP contribution in [0.2, 0.25) is 0 Å². The monoisotopic (exact) mass is 422 g/mol. The van der Waals surface area contributed by atoms with E-state index in [0.29, 0.717) is 17.4 Å². The van der Waals surface area contributed by atoms with Crippen LogP contribution in [0.1, 0.15) is 36.5 Å². The van der Waals surface area contributed by atoms with Crippen LogP contribution >= 0.6 is 0 Å². The van der Waals surface area contributed by atoms with E-state index in [9.17, 15) is 5.11 Å². The molecule has 0 spiro atoms. The van der Waals surface area contributed by atoms with Gasteiger partial charge in [-0.25, -0.2) is 4.57 Å². The van der Waals surface area contributed by atoms with E-state index >= 15 is 0 Å². The molecule has 0 saturated carbocycles. The van der Waals surface area contributed by atoms with Crippen molar-refractivity contribution in [3.63, 3.8) is 0 Å². The Labute approximate surface area is 182 Å². The minimum atomic E-state index is -0.161. The van der Waals surface area contributed by atoms with Crippen LogP contribution in [-0.4, -0.2) is 36.8 Å². The lowest BCUT2D eigenvalue weighted by Gasteiger charge is -2.27. The van der Waals surface area contributed by atoms with Gasteiger partial charge in [0.25, 0.3) is 0 Å². The molecular weight excluding hydrogens is 392 g/mol. The Morgan fingerprint density at radius 1 is 1.16 bits per heavy atom. The van der Waals surface area contributed by atoms with Crippen molar-refractivity contribution in [3.8, 4) is 23.1 Å². The number of rotatable bonds is 7. The zero-order chi connectivity index (χ0) is 22.0. The molecule has 1 aliphatic heterocycles. The van der Waals surface area contributed by atoms with Crippen LogP contribution < -0.4 is 24.7 Å². The Bertz CT molecular complexity index is 1070. The molecule has 0 unspecified atom stereocenters. The molecule has 2 heterocycles. The number of fused-ring (bicyclic) bond motifs is 2. The Kier molecular flexibility index (Phi) is 5.95. The maximum Gasteiger partial charge on any atom is 0.306 e. The summed E-state index contributed by atoms with van der Waals surface area (Å²) in [6.45, 7) is 8.28. The summed E-state index contributed by atoms with van der Waals surface area (Å²) in [5.41, 5.74) is 9.55. The van der Waals surface area contributed by atoms with Crippen molar-refractivity contribution in [2.24, 2.45) is 0 Å². The predicted molar refractivity (Wildman–Crippen MR) is 118 cm³/mol. The maximum atomic E-state index is 9.98. The second-order valence-corrected chi connectivity index (χ2v) is 7.78. The fourth-order valence-electron chi connectivity index (χ4n) is 4.18. The third kappa shape index (κ3) is 4.01. The zero-order valence-corrected chi connectivity index (χ0v) is 18.3. The molecule has 31 heavy (non-hydrogen) atoms. The van der Waals surface area contributed by atoms with Crippen molar-refractivity contribution in [1.82, 2.24) is 4.98 Å². The Balaban J connectivity index is 1.81. The normalized spacial score (nSPS) is 14.6. The van der Waals surface area contributed by atoms with Gasteiger partial charge in [-0.2, -0.15) is 0 Å². The van der Waals surface area contributed by atoms with Crippen molar-refractivity contribution < 1.29 is 24.0 Å². The van der Waals surface area contributed by atoms with Crippen molar-refractivity contribution in [3.05, 3.63) is 65.5 Å². The summed E-state index contributed by atoms with van der Waals surface area (Å²) >= 11 is 0. The van der Waals surface area contributed by atoms with Crippen molar-refractivity contribution in [2.75, 3.05) is 32.5 Å². The van der Waals surface area contributed by atoms with Gasteiger partial charge >= 0.3 is 5.88 Å². The molecule has 2 aromatic carbocycles. The molecule has 162 valence electrons. The number of benzene rings is 2. The summed E-state index contributed by atoms with van der Waals surface area (Å²) in [6, 6.07) is 13.1. The van der Waals surface area contributed by atoms with Crippen LogP contribution in [0.25, 0.3) is 0 Å². The number of anilines is 1. The summed E-state index contributed by atoms with van der Waals surface area (Å²) in [5, 5.41) is 9.98. The highest BCUT2D eigenvalue weighted by Crippen LogP contribution is 2.48. The predicted octanol–water partition coefficient (Wildman–Crippen LogP) is 1.88. The molecule has 7 heteroatoms. The van der Waals surface area contributed by atoms with Gasteiger partial charge in [-0.15, -0.1) is 0 Å². The molecule has 7 nitrogen and oxygen atoms in total. The molecule has 0 radical (unpaired) electrons. The second kappa shape index (κ2) is 8.81. The summed E-state index contributed by atoms with van der Waals surface area (Å²) in [6.07, 6.45) is 1.75. The zero-order valence-electron chi connectivity index (χ0n) is 18.3. The number of methoxy groups -OCH3 is 1. The lowest BCUT2D eigenvalue weighted by molar-refractivity contribution is -0.915. The van der Waals surface area contributed by atoms with Gasteiger partial charge in [0.2, 0.25) is 12.1 Å². The van der Waals surface area contributed by atoms with Crippen molar-refractivity contribution >= 4 is 5.82 Å². The lowest BCUT2D eigenvalue weighted by Crippen LogP contribution is -3.12. The third-order valence-electron chi connectivity index (χ3n) is 6.09. The number of phenols is 1. The molecule has 1 aromatic heterocycles.